The van der Waals surface area contributed by atoms with Crippen LogP contribution in [-0.4, -0.2) is 17.9 Å². The molecule has 4 nitrogen and oxygen atoms in total. The minimum absolute atomic E-state index is 0.0320. The molecule has 0 aromatic heterocycles. The molecule has 3 aliphatic rings. The van der Waals surface area contributed by atoms with Gasteiger partial charge in [-0.05, 0) is 49.8 Å². The van der Waals surface area contributed by atoms with Crippen molar-refractivity contribution in [2.75, 3.05) is 0 Å². The number of benzene rings is 1. The first-order chi connectivity index (χ1) is 10.2. The van der Waals surface area contributed by atoms with Crippen LogP contribution in [0.25, 0.3) is 0 Å². The molecule has 1 atom stereocenters. The highest BCUT2D eigenvalue weighted by molar-refractivity contribution is 5.76. The molecule has 1 aromatic carbocycles. The minimum Gasteiger partial charge on any atom is -0.406 e. The van der Waals surface area contributed by atoms with E-state index in [0.29, 0.717) is 5.56 Å². The molecule has 1 unspecified atom stereocenters. The molecule has 7 heteroatoms. The average molecular weight is 314 g/mol. The maximum atomic E-state index is 12.2. The third kappa shape index (κ3) is 3.13. The van der Waals surface area contributed by atoms with Crippen LogP contribution in [0.15, 0.2) is 24.3 Å². The van der Waals surface area contributed by atoms with Crippen LogP contribution < -0.4 is 15.4 Å². The van der Waals surface area contributed by atoms with E-state index in [4.69, 9.17) is 0 Å². The topological polar surface area (TPSA) is 50.4 Å². The maximum Gasteiger partial charge on any atom is 0.573 e. The summed E-state index contributed by atoms with van der Waals surface area (Å²) in [6.45, 7) is 1.72. The number of alkyl halides is 3. The average Bonchev–Trinajstić information content (AvgIpc) is 2.30. The lowest BCUT2D eigenvalue weighted by Gasteiger charge is -2.61. The van der Waals surface area contributed by atoms with Crippen LogP contribution in [0.1, 0.15) is 37.8 Å². The summed E-state index contributed by atoms with van der Waals surface area (Å²) in [5.41, 5.74) is 0.518. The van der Waals surface area contributed by atoms with Crippen molar-refractivity contribution < 1.29 is 22.7 Å². The Hall–Kier alpha value is -1.92. The first-order valence-electron chi connectivity index (χ1n) is 7.19. The predicted octanol–water partition coefficient (Wildman–Crippen LogP) is 3.50. The number of nitrogens with one attached hydrogen (secondary N) is 2. The molecule has 0 heterocycles. The van der Waals surface area contributed by atoms with Crippen molar-refractivity contribution in [1.82, 2.24) is 10.6 Å². The Labute approximate surface area is 126 Å². The molecule has 0 radical (unpaired) electrons. The summed E-state index contributed by atoms with van der Waals surface area (Å²) in [7, 11) is 0. The van der Waals surface area contributed by atoms with Gasteiger partial charge in [-0.15, -0.1) is 13.2 Å². The van der Waals surface area contributed by atoms with Crippen LogP contribution in [0.3, 0.4) is 0 Å². The van der Waals surface area contributed by atoms with E-state index in [1.165, 1.54) is 18.2 Å². The molecule has 3 fully saturated rings. The predicted molar refractivity (Wildman–Crippen MR) is 73.3 cm³/mol. The summed E-state index contributed by atoms with van der Waals surface area (Å²) in [5, 5.41) is 5.70. The molecule has 1 aromatic rings. The molecule has 22 heavy (non-hydrogen) atoms. The van der Waals surface area contributed by atoms with Crippen LogP contribution >= 0.6 is 0 Å². The molecule has 3 saturated carbocycles. The quantitative estimate of drug-likeness (QED) is 0.893. The van der Waals surface area contributed by atoms with Gasteiger partial charge < -0.3 is 15.4 Å². The lowest BCUT2D eigenvalue weighted by atomic mass is 9.50. The molecule has 3 aliphatic carbocycles. The fourth-order valence-corrected chi connectivity index (χ4v) is 3.17. The fourth-order valence-electron chi connectivity index (χ4n) is 3.17. The van der Waals surface area contributed by atoms with E-state index in [0.717, 1.165) is 25.2 Å². The lowest BCUT2D eigenvalue weighted by Crippen LogP contribution is -2.69. The van der Waals surface area contributed by atoms with Gasteiger partial charge in [0.1, 0.15) is 5.75 Å². The van der Waals surface area contributed by atoms with Gasteiger partial charge in [0.25, 0.3) is 0 Å². The summed E-state index contributed by atoms with van der Waals surface area (Å²) in [4.78, 5) is 11.9. The van der Waals surface area contributed by atoms with Crippen molar-refractivity contribution in [1.29, 1.82) is 0 Å². The normalized spacial score (nSPS) is 27.2. The smallest absolute Gasteiger partial charge is 0.406 e. The van der Waals surface area contributed by atoms with Crippen LogP contribution in [0.4, 0.5) is 18.0 Å². The number of halogens is 3. The monoisotopic (exact) mass is 314 g/mol. The van der Waals surface area contributed by atoms with Crippen molar-refractivity contribution >= 4 is 6.03 Å². The second kappa shape index (κ2) is 5.07. The van der Waals surface area contributed by atoms with Crippen molar-refractivity contribution in [3.05, 3.63) is 29.8 Å². The Morgan fingerprint density at radius 2 is 2.05 bits per heavy atom. The number of carbonyl (C=O) groups is 1. The van der Waals surface area contributed by atoms with Gasteiger partial charge in [-0.3, -0.25) is 0 Å². The van der Waals surface area contributed by atoms with Gasteiger partial charge in [-0.2, -0.15) is 0 Å². The standard InChI is InChI=1S/C15H17F3N2O2/c1-9(19-13(21)20-14-6-10(7-14)8-14)11-3-2-4-12(5-11)22-15(16,17)18/h2-5,9-10H,6-8H2,1H3,(H2,19,20,21). The van der Waals surface area contributed by atoms with Crippen molar-refractivity contribution in [2.24, 2.45) is 5.92 Å². The first kappa shape index (κ1) is 15.0. The molecule has 2 N–H and O–H groups in total. The first-order valence-corrected chi connectivity index (χ1v) is 7.19. The van der Waals surface area contributed by atoms with Crippen molar-refractivity contribution in [2.45, 2.75) is 44.1 Å². The van der Waals surface area contributed by atoms with Crippen LogP contribution in [0.5, 0.6) is 5.75 Å². The lowest BCUT2D eigenvalue weighted by molar-refractivity contribution is -0.274. The Kier molecular flexibility index (Phi) is 3.45. The number of ether oxygens (including phenoxy) is 1. The zero-order valence-corrected chi connectivity index (χ0v) is 12.0. The van der Waals surface area contributed by atoms with Crippen molar-refractivity contribution in [3.8, 4) is 5.75 Å². The van der Waals surface area contributed by atoms with E-state index in [1.807, 2.05) is 0 Å². The highest BCUT2D eigenvalue weighted by atomic mass is 19.4. The Bertz CT molecular complexity index is 571. The van der Waals surface area contributed by atoms with Gasteiger partial charge in [-0.1, -0.05) is 12.1 Å². The summed E-state index contributed by atoms with van der Waals surface area (Å²) in [6.07, 6.45) is -1.63. The number of hydrogen-bond acceptors (Lipinski definition) is 2. The van der Waals surface area contributed by atoms with Gasteiger partial charge in [0, 0.05) is 5.54 Å². The zero-order chi connectivity index (χ0) is 16.0. The van der Waals surface area contributed by atoms with E-state index in [-0.39, 0.29) is 17.3 Å². The highest BCUT2D eigenvalue weighted by Crippen LogP contribution is 2.56. The summed E-state index contributed by atoms with van der Waals surface area (Å²) < 4.78 is 40.5. The fraction of sp³-hybridized carbons (Fsp3) is 0.533. The summed E-state index contributed by atoms with van der Waals surface area (Å²) >= 11 is 0. The SMILES string of the molecule is CC(NC(=O)NC12CC(C1)C2)c1cccc(OC(F)(F)F)c1. The number of rotatable bonds is 4. The van der Waals surface area contributed by atoms with Crippen LogP contribution in [-0.2, 0) is 0 Å². The molecule has 4 rings (SSSR count). The second-order valence-electron chi connectivity index (χ2n) is 6.20. The van der Waals surface area contributed by atoms with Gasteiger partial charge in [0.15, 0.2) is 0 Å². The molecular weight excluding hydrogens is 297 g/mol. The maximum absolute atomic E-state index is 12.2. The highest BCUT2D eigenvalue weighted by Gasteiger charge is 2.57. The van der Waals surface area contributed by atoms with E-state index in [1.54, 1.807) is 13.0 Å². The van der Waals surface area contributed by atoms with E-state index < -0.39 is 12.4 Å². The Balaban J connectivity index is 1.58. The summed E-state index contributed by atoms with van der Waals surface area (Å²) in [5.74, 6) is 0.465. The number of amides is 2. The van der Waals surface area contributed by atoms with E-state index >= 15 is 0 Å². The molecule has 0 saturated heterocycles. The molecule has 2 bridgehead atoms. The van der Waals surface area contributed by atoms with Gasteiger partial charge in [0.05, 0.1) is 6.04 Å². The van der Waals surface area contributed by atoms with Crippen molar-refractivity contribution in [3.63, 3.8) is 0 Å². The van der Waals surface area contributed by atoms with Crippen LogP contribution in [0, 0.1) is 5.92 Å². The number of urea groups is 1. The number of hydrogen-bond donors (Lipinski definition) is 2. The van der Waals surface area contributed by atoms with E-state index in [2.05, 4.69) is 15.4 Å². The summed E-state index contributed by atoms with van der Waals surface area (Å²) in [6, 6.07) is 4.92. The molecule has 0 aliphatic heterocycles. The molecule has 0 spiro atoms. The largest absolute Gasteiger partial charge is 0.573 e. The third-order valence-corrected chi connectivity index (χ3v) is 4.36. The molecule has 120 valence electrons. The number of carbonyl (C=O) groups excluding carboxylic acids is 1. The minimum atomic E-state index is -4.73. The molecular formula is C15H17F3N2O2. The van der Waals surface area contributed by atoms with Gasteiger partial charge >= 0.3 is 12.4 Å². The van der Waals surface area contributed by atoms with E-state index in [9.17, 15) is 18.0 Å². The van der Waals surface area contributed by atoms with Gasteiger partial charge in [0.2, 0.25) is 0 Å². The molecule has 2 amide bonds. The van der Waals surface area contributed by atoms with Gasteiger partial charge in [-0.25, -0.2) is 4.79 Å². The Morgan fingerprint density at radius 1 is 1.36 bits per heavy atom. The van der Waals surface area contributed by atoms with Crippen LogP contribution in [0.2, 0.25) is 0 Å². The third-order valence-electron chi connectivity index (χ3n) is 4.36. The second-order valence-corrected chi connectivity index (χ2v) is 6.20. The zero-order valence-electron chi connectivity index (χ0n) is 12.0. The Morgan fingerprint density at radius 3 is 2.59 bits per heavy atom.